The average Bonchev–Trinajstić information content (AvgIpc) is 2.76. The molecule has 2 amide bonds. The van der Waals surface area contributed by atoms with Crippen LogP contribution in [0.2, 0.25) is 0 Å². The summed E-state index contributed by atoms with van der Waals surface area (Å²) in [4.78, 5) is 27.5. The van der Waals surface area contributed by atoms with E-state index in [9.17, 15) is 9.59 Å². The fourth-order valence-electron chi connectivity index (χ4n) is 4.05. The third kappa shape index (κ3) is 6.07. The predicted octanol–water partition coefficient (Wildman–Crippen LogP) is 4.78. The van der Waals surface area contributed by atoms with Crippen LogP contribution in [0.1, 0.15) is 25.7 Å². The maximum Gasteiger partial charge on any atom is 0.329 e. The number of nitrogens with zero attached hydrogens (tertiary/aromatic N) is 2. The average molecular weight is 411 g/mol. The Morgan fingerprint density at radius 1 is 0.900 bits per heavy atom. The van der Waals surface area contributed by atoms with Gasteiger partial charge in [-0.15, -0.1) is 0 Å². The number of aliphatic carboxylic acids is 1. The molecule has 0 saturated heterocycles. The van der Waals surface area contributed by atoms with Crippen molar-refractivity contribution < 1.29 is 19.4 Å². The fourth-order valence-corrected chi connectivity index (χ4v) is 4.05. The maximum atomic E-state index is 13.4. The second kappa shape index (κ2) is 10.8. The highest BCUT2D eigenvalue weighted by atomic mass is 16.5. The van der Waals surface area contributed by atoms with Crippen molar-refractivity contribution in [1.29, 1.82) is 0 Å². The lowest BCUT2D eigenvalue weighted by Crippen LogP contribution is -2.41. The smallest absolute Gasteiger partial charge is 0.329 e. The van der Waals surface area contributed by atoms with Gasteiger partial charge < -0.3 is 14.7 Å². The summed E-state index contributed by atoms with van der Waals surface area (Å²) in [6, 6.07) is 19.4. The quantitative estimate of drug-likeness (QED) is 0.680. The van der Waals surface area contributed by atoms with Crippen molar-refractivity contribution in [3.05, 3.63) is 60.7 Å². The first-order valence-electron chi connectivity index (χ1n) is 10.5. The van der Waals surface area contributed by atoms with Crippen molar-refractivity contribution in [2.24, 2.45) is 11.8 Å². The third-order valence-electron chi connectivity index (χ3n) is 5.62. The number of urea groups is 1. The van der Waals surface area contributed by atoms with Crippen LogP contribution in [0.25, 0.3) is 0 Å². The van der Waals surface area contributed by atoms with Crippen LogP contribution in [-0.4, -0.2) is 48.8 Å². The summed E-state index contributed by atoms with van der Waals surface area (Å²) in [7, 11) is 1.86. The summed E-state index contributed by atoms with van der Waals surface area (Å²) < 4.78 is 5.25. The molecule has 1 saturated carbocycles. The molecule has 0 atom stereocenters. The van der Waals surface area contributed by atoms with E-state index >= 15 is 0 Å². The fraction of sp³-hybridized carbons (Fsp3) is 0.417. The van der Waals surface area contributed by atoms with Crippen molar-refractivity contribution in [2.45, 2.75) is 25.7 Å². The van der Waals surface area contributed by atoms with Gasteiger partial charge >= 0.3 is 12.0 Å². The Hall–Kier alpha value is -2.86. The number of carbonyl (C=O) groups excluding carboxylic acids is 1. The van der Waals surface area contributed by atoms with E-state index in [1.54, 1.807) is 4.90 Å². The first kappa shape index (κ1) is 21.8. The molecular formula is C24H30N2O4. The summed E-state index contributed by atoms with van der Waals surface area (Å²) in [5.41, 5.74) is 1.69. The molecule has 2 aromatic carbocycles. The van der Waals surface area contributed by atoms with Crippen LogP contribution in [0.3, 0.4) is 0 Å². The molecule has 0 bridgehead atoms. The monoisotopic (exact) mass is 410 g/mol. The molecule has 6 nitrogen and oxygen atoms in total. The van der Waals surface area contributed by atoms with Gasteiger partial charge in [0.2, 0.25) is 0 Å². The molecule has 0 spiro atoms. The Balaban J connectivity index is 1.58. The number of anilines is 2. The van der Waals surface area contributed by atoms with Gasteiger partial charge in [0.25, 0.3) is 0 Å². The Kier molecular flexibility index (Phi) is 7.85. The lowest BCUT2D eigenvalue weighted by atomic mass is 9.82. The SMILES string of the molecule is CN(C[C@H]1CC[C@H](COCC(=O)O)CC1)C(=O)N(c1ccccc1)c1ccccc1. The third-order valence-corrected chi connectivity index (χ3v) is 5.62. The van der Waals surface area contributed by atoms with E-state index in [4.69, 9.17) is 9.84 Å². The molecule has 1 N–H and O–H groups in total. The van der Waals surface area contributed by atoms with Crippen molar-refractivity contribution in [3.8, 4) is 0 Å². The molecule has 0 aromatic heterocycles. The number of hydrogen-bond donors (Lipinski definition) is 1. The first-order chi connectivity index (χ1) is 14.5. The normalized spacial score (nSPS) is 18.6. The summed E-state index contributed by atoms with van der Waals surface area (Å²) >= 11 is 0. The van der Waals surface area contributed by atoms with Crippen LogP contribution >= 0.6 is 0 Å². The number of para-hydroxylation sites is 2. The van der Waals surface area contributed by atoms with Crippen LogP contribution < -0.4 is 4.90 Å². The highest BCUT2D eigenvalue weighted by molar-refractivity contribution is 5.99. The Morgan fingerprint density at radius 2 is 1.40 bits per heavy atom. The van der Waals surface area contributed by atoms with Gasteiger partial charge in [0.15, 0.2) is 0 Å². The van der Waals surface area contributed by atoms with Gasteiger partial charge in [0.1, 0.15) is 6.61 Å². The van der Waals surface area contributed by atoms with Crippen molar-refractivity contribution >= 4 is 23.4 Å². The maximum absolute atomic E-state index is 13.4. The largest absolute Gasteiger partial charge is 0.480 e. The minimum atomic E-state index is -0.926. The molecule has 0 aliphatic heterocycles. The Morgan fingerprint density at radius 3 is 1.90 bits per heavy atom. The minimum absolute atomic E-state index is 0.0423. The molecule has 1 fully saturated rings. The van der Waals surface area contributed by atoms with E-state index in [1.807, 2.05) is 72.6 Å². The Labute approximate surface area is 178 Å². The van der Waals surface area contributed by atoms with Crippen molar-refractivity contribution in [1.82, 2.24) is 4.90 Å². The molecule has 160 valence electrons. The van der Waals surface area contributed by atoms with Crippen molar-refractivity contribution in [2.75, 3.05) is 31.7 Å². The molecule has 0 unspecified atom stereocenters. The number of ether oxygens (including phenoxy) is 1. The second-order valence-electron chi connectivity index (χ2n) is 7.97. The zero-order chi connectivity index (χ0) is 21.3. The summed E-state index contributed by atoms with van der Waals surface area (Å²) in [5, 5.41) is 8.68. The number of rotatable bonds is 8. The zero-order valence-corrected chi connectivity index (χ0v) is 17.4. The number of carboxylic acid groups (broad SMARTS) is 1. The number of carboxylic acids is 1. The van der Waals surface area contributed by atoms with Gasteiger partial charge in [-0.05, 0) is 61.8 Å². The molecule has 0 radical (unpaired) electrons. The van der Waals surface area contributed by atoms with Crippen LogP contribution in [0.5, 0.6) is 0 Å². The highest BCUT2D eigenvalue weighted by Gasteiger charge is 2.27. The highest BCUT2D eigenvalue weighted by Crippen LogP contribution is 2.31. The lowest BCUT2D eigenvalue weighted by Gasteiger charge is -2.33. The predicted molar refractivity (Wildman–Crippen MR) is 117 cm³/mol. The van der Waals surface area contributed by atoms with E-state index in [2.05, 4.69) is 0 Å². The molecule has 1 aliphatic rings. The van der Waals surface area contributed by atoms with Crippen LogP contribution in [0.15, 0.2) is 60.7 Å². The van der Waals surface area contributed by atoms with Crippen LogP contribution in [-0.2, 0) is 9.53 Å². The number of hydrogen-bond acceptors (Lipinski definition) is 3. The number of carbonyl (C=O) groups is 2. The van der Waals surface area contributed by atoms with Gasteiger partial charge in [-0.2, -0.15) is 0 Å². The molecule has 30 heavy (non-hydrogen) atoms. The van der Waals surface area contributed by atoms with Crippen LogP contribution in [0, 0.1) is 11.8 Å². The summed E-state index contributed by atoms with van der Waals surface area (Å²) in [6.07, 6.45) is 4.06. The lowest BCUT2D eigenvalue weighted by molar-refractivity contribution is -0.142. The van der Waals surface area contributed by atoms with Gasteiger partial charge in [-0.3, -0.25) is 4.90 Å². The van der Waals surface area contributed by atoms with E-state index in [0.717, 1.165) is 37.1 Å². The molecule has 2 aromatic rings. The standard InChI is InChI=1S/C24H30N2O4/c1-25(16-19-12-14-20(15-13-19)17-30-18-23(27)28)24(29)26(21-8-4-2-5-9-21)22-10-6-3-7-11-22/h2-11,19-20H,12-18H2,1H3,(H,27,28)/t19-,20-. The second-order valence-corrected chi connectivity index (χ2v) is 7.97. The van der Waals surface area contributed by atoms with E-state index in [1.165, 1.54) is 0 Å². The summed E-state index contributed by atoms with van der Waals surface area (Å²) in [5.74, 6) is -0.0694. The van der Waals surface area contributed by atoms with Crippen LogP contribution in [0.4, 0.5) is 16.2 Å². The number of benzene rings is 2. The molecule has 6 heteroatoms. The van der Waals surface area contributed by atoms with Gasteiger partial charge in [0.05, 0.1) is 18.0 Å². The zero-order valence-electron chi connectivity index (χ0n) is 17.4. The van der Waals surface area contributed by atoms with E-state index in [0.29, 0.717) is 25.0 Å². The van der Waals surface area contributed by atoms with Crippen molar-refractivity contribution in [3.63, 3.8) is 0 Å². The Bertz CT molecular complexity index is 765. The van der Waals surface area contributed by atoms with Gasteiger partial charge in [-0.25, -0.2) is 9.59 Å². The van der Waals surface area contributed by atoms with E-state index in [-0.39, 0.29) is 12.6 Å². The molecule has 0 heterocycles. The molecule has 3 rings (SSSR count). The minimum Gasteiger partial charge on any atom is -0.480 e. The van der Waals surface area contributed by atoms with E-state index < -0.39 is 5.97 Å². The number of amides is 2. The molecule has 1 aliphatic carbocycles. The topological polar surface area (TPSA) is 70.1 Å². The summed E-state index contributed by atoms with van der Waals surface area (Å²) in [6.45, 7) is 0.979. The first-order valence-corrected chi connectivity index (χ1v) is 10.5. The van der Waals surface area contributed by atoms with Gasteiger partial charge in [-0.1, -0.05) is 36.4 Å². The molecular weight excluding hydrogens is 380 g/mol. The van der Waals surface area contributed by atoms with Gasteiger partial charge in [0, 0.05) is 13.6 Å².